The zero-order valence-corrected chi connectivity index (χ0v) is 14.3. The maximum absolute atomic E-state index is 11.5. The van der Waals surface area contributed by atoms with Gasteiger partial charge in [-0.3, -0.25) is 14.4 Å². The molecule has 0 bridgehead atoms. The lowest BCUT2D eigenvalue weighted by molar-refractivity contribution is -0.134. The van der Waals surface area contributed by atoms with Crippen molar-refractivity contribution < 1.29 is 9.53 Å². The van der Waals surface area contributed by atoms with Crippen molar-refractivity contribution in [3.8, 4) is 0 Å². The second-order valence-corrected chi connectivity index (χ2v) is 6.20. The van der Waals surface area contributed by atoms with Gasteiger partial charge in [-0.2, -0.15) is 5.10 Å². The number of fused-ring (bicyclic) bond motifs is 1. The van der Waals surface area contributed by atoms with Gasteiger partial charge in [0.2, 0.25) is 5.91 Å². The van der Waals surface area contributed by atoms with Gasteiger partial charge in [-0.25, -0.2) is 0 Å². The van der Waals surface area contributed by atoms with Crippen LogP contribution in [0.4, 0.5) is 0 Å². The summed E-state index contributed by atoms with van der Waals surface area (Å²) in [6.45, 7) is 3.70. The van der Waals surface area contributed by atoms with Crippen LogP contribution in [0.3, 0.4) is 0 Å². The van der Waals surface area contributed by atoms with E-state index in [0.29, 0.717) is 6.61 Å². The van der Waals surface area contributed by atoms with Crippen LogP contribution in [0.2, 0.25) is 0 Å². The fraction of sp³-hybridized carbons (Fsp3) is 0.600. The van der Waals surface area contributed by atoms with Gasteiger partial charge in [-0.1, -0.05) is 0 Å². The maximum Gasteiger partial charge on any atom is 0.248 e. The predicted octanol–water partition coefficient (Wildman–Crippen LogP) is -0.368. The van der Waals surface area contributed by atoms with Gasteiger partial charge in [-0.05, 0) is 0 Å². The second-order valence-electron chi connectivity index (χ2n) is 6.20. The molecule has 1 aliphatic rings. The minimum absolute atomic E-state index is 0.0579. The van der Waals surface area contributed by atoms with E-state index in [1.54, 1.807) is 14.1 Å². The van der Waals surface area contributed by atoms with E-state index in [4.69, 9.17) is 4.74 Å². The Bertz CT molecular complexity index is 706. The Morgan fingerprint density at radius 1 is 1.33 bits per heavy atom. The summed E-state index contributed by atoms with van der Waals surface area (Å²) in [6, 6.07) is 0. The molecule has 2 aromatic rings. The van der Waals surface area contributed by atoms with Crippen molar-refractivity contribution in [2.24, 2.45) is 7.05 Å². The molecule has 2 aromatic heterocycles. The molecule has 0 N–H and O–H groups in total. The largest absolute Gasteiger partial charge is 0.364 e. The van der Waals surface area contributed by atoms with Crippen LogP contribution in [0.1, 0.15) is 17.2 Å². The predicted molar refractivity (Wildman–Crippen MR) is 85.7 cm³/mol. The Hall–Kier alpha value is -2.26. The normalized spacial score (nSPS) is 14.6. The maximum atomic E-state index is 11.5. The van der Waals surface area contributed by atoms with Gasteiger partial charge >= 0.3 is 0 Å². The fourth-order valence-electron chi connectivity index (χ4n) is 2.68. The minimum Gasteiger partial charge on any atom is -0.364 e. The lowest BCUT2D eigenvalue weighted by atomic mass is 10.3. The van der Waals surface area contributed by atoms with Crippen LogP contribution >= 0.6 is 0 Å². The third-order valence-electron chi connectivity index (χ3n) is 4.03. The summed E-state index contributed by atoms with van der Waals surface area (Å²) in [6.07, 6.45) is 3.92. The Morgan fingerprint density at radius 2 is 2.17 bits per heavy atom. The highest BCUT2D eigenvalue weighted by atomic mass is 16.5. The van der Waals surface area contributed by atoms with Crippen LogP contribution in [0.15, 0.2) is 12.4 Å². The molecule has 9 nitrogen and oxygen atoms in total. The van der Waals surface area contributed by atoms with Crippen LogP contribution in [0, 0.1) is 0 Å². The van der Waals surface area contributed by atoms with E-state index in [-0.39, 0.29) is 12.5 Å². The lowest BCUT2D eigenvalue weighted by Crippen LogP contribution is -2.34. The van der Waals surface area contributed by atoms with Crippen molar-refractivity contribution in [1.29, 1.82) is 0 Å². The molecule has 0 radical (unpaired) electrons. The molecule has 0 saturated heterocycles. The van der Waals surface area contributed by atoms with Gasteiger partial charge < -0.3 is 14.2 Å². The summed E-state index contributed by atoms with van der Waals surface area (Å²) in [7, 11) is 5.34. The second kappa shape index (κ2) is 7.10. The summed E-state index contributed by atoms with van der Waals surface area (Å²) in [5, 5.41) is 12.7. The molecule has 0 fully saturated rings. The van der Waals surface area contributed by atoms with E-state index >= 15 is 0 Å². The van der Waals surface area contributed by atoms with E-state index in [0.717, 1.165) is 37.8 Å². The third kappa shape index (κ3) is 3.80. The van der Waals surface area contributed by atoms with Gasteiger partial charge in [0.15, 0.2) is 5.82 Å². The van der Waals surface area contributed by atoms with E-state index < -0.39 is 0 Å². The smallest absolute Gasteiger partial charge is 0.248 e. The average molecular weight is 333 g/mol. The van der Waals surface area contributed by atoms with Crippen LogP contribution < -0.4 is 0 Å². The molecule has 130 valence electrons. The number of likely N-dealkylation sites (N-methyl/N-ethyl adjacent to an activating group) is 1. The molecule has 3 heterocycles. The molecule has 0 atom stereocenters. The number of amides is 1. The number of nitrogens with zero attached hydrogens (tertiary/aromatic N) is 7. The highest BCUT2D eigenvalue weighted by Gasteiger charge is 2.21. The summed E-state index contributed by atoms with van der Waals surface area (Å²) in [5.41, 5.74) is 1.19. The quantitative estimate of drug-likeness (QED) is 0.718. The number of ether oxygens (including phenoxy) is 1. The Balaban J connectivity index is 1.55. The molecule has 0 saturated carbocycles. The highest BCUT2D eigenvalue weighted by molar-refractivity contribution is 5.76. The number of aryl methyl sites for hydroxylation is 1. The molecule has 0 aliphatic carbocycles. The van der Waals surface area contributed by atoms with Crippen molar-refractivity contribution in [3.63, 3.8) is 0 Å². The molecule has 3 rings (SSSR count). The first-order valence-electron chi connectivity index (χ1n) is 7.91. The molecular formula is C15H23N7O2. The molecule has 0 aromatic carbocycles. The number of carbonyl (C=O) groups is 1. The topological polar surface area (TPSA) is 81.3 Å². The number of carbonyl (C=O) groups excluding carboxylic acids is 1. The number of aromatic nitrogens is 5. The average Bonchev–Trinajstić information content (AvgIpc) is 3.13. The fourth-order valence-corrected chi connectivity index (χ4v) is 2.68. The Morgan fingerprint density at radius 3 is 2.88 bits per heavy atom. The van der Waals surface area contributed by atoms with Crippen molar-refractivity contribution >= 4 is 5.91 Å². The summed E-state index contributed by atoms with van der Waals surface area (Å²) >= 11 is 0. The zero-order valence-electron chi connectivity index (χ0n) is 14.3. The van der Waals surface area contributed by atoms with Crippen molar-refractivity contribution in [2.75, 3.05) is 27.2 Å². The monoisotopic (exact) mass is 333 g/mol. The molecular weight excluding hydrogens is 310 g/mol. The standard InChI is InChI=1S/C15H23N7O2/c1-19(2)15(23)11-24-10-14-18-17-13-9-21(4-5-22(13)14)8-12-6-16-20(3)7-12/h6-7H,4-5,8-11H2,1-3H3. The van der Waals surface area contributed by atoms with Crippen LogP contribution in [-0.4, -0.2) is 67.5 Å². The molecule has 9 heteroatoms. The molecule has 1 aliphatic heterocycles. The number of hydrogen-bond acceptors (Lipinski definition) is 6. The van der Waals surface area contributed by atoms with Gasteiger partial charge in [0.05, 0.1) is 12.7 Å². The van der Waals surface area contributed by atoms with Crippen LogP contribution in [0.25, 0.3) is 0 Å². The Labute approximate surface area is 140 Å². The van der Waals surface area contributed by atoms with Crippen molar-refractivity contribution in [3.05, 3.63) is 29.6 Å². The summed E-state index contributed by atoms with van der Waals surface area (Å²) in [5.74, 6) is 1.65. The third-order valence-corrected chi connectivity index (χ3v) is 4.03. The van der Waals surface area contributed by atoms with Crippen molar-refractivity contribution in [2.45, 2.75) is 26.2 Å². The van der Waals surface area contributed by atoms with Crippen LogP contribution in [-0.2, 0) is 42.8 Å². The number of hydrogen-bond donors (Lipinski definition) is 0. The van der Waals surface area contributed by atoms with E-state index in [1.807, 2.05) is 24.1 Å². The van der Waals surface area contributed by atoms with E-state index in [1.165, 1.54) is 10.5 Å². The molecule has 0 unspecified atom stereocenters. The molecule has 1 amide bonds. The Kier molecular flexibility index (Phi) is 4.91. The summed E-state index contributed by atoms with van der Waals surface area (Å²) in [4.78, 5) is 15.4. The molecule has 0 spiro atoms. The van der Waals surface area contributed by atoms with Gasteiger partial charge in [0.25, 0.3) is 0 Å². The van der Waals surface area contributed by atoms with E-state index in [2.05, 4.69) is 24.8 Å². The van der Waals surface area contributed by atoms with Gasteiger partial charge in [0.1, 0.15) is 19.0 Å². The molecule has 24 heavy (non-hydrogen) atoms. The minimum atomic E-state index is -0.0592. The van der Waals surface area contributed by atoms with Crippen molar-refractivity contribution in [1.82, 2.24) is 34.3 Å². The SMILES string of the molecule is CN(C)C(=O)COCc1nnc2n1CCN(Cc1cnn(C)c1)C2. The van der Waals surface area contributed by atoms with Gasteiger partial charge in [0, 0.05) is 52.5 Å². The lowest BCUT2D eigenvalue weighted by Gasteiger charge is -2.27. The first-order valence-corrected chi connectivity index (χ1v) is 7.91. The van der Waals surface area contributed by atoms with Gasteiger partial charge in [-0.15, -0.1) is 10.2 Å². The first-order chi connectivity index (χ1) is 11.5. The first kappa shape index (κ1) is 16.6. The zero-order chi connectivity index (χ0) is 17.1. The summed E-state index contributed by atoms with van der Waals surface area (Å²) < 4.78 is 9.35. The van der Waals surface area contributed by atoms with Crippen LogP contribution in [0.5, 0.6) is 0 Å². The highest BCUT2D eigenvalue weighted by Crippen LogP contribution is 2.15. The van der Waals surface area contributed by atoms with E-state index in [9.17, 15) is 4.79 Å². The number of rotatable bonds is 6.